The third-order valence-corrected chi connectivity index (χ3v) is 5.73. The highest BCUT2D eigenvalue weighted by Crippen LogP contribution is 2.40. The average molecular weight is 460 g/mol. The molecule has 3 rings (SSSR count). The van der Waals surface area contributed by atoms with Gasteiger partial charge in [-0.3, -0.25) is 0 Å². The number of carbonyl (C=O) groups is 2. The van der Waals surface area contributed by atoms with Gasteiger partial charge in [-0.25, -0.2) is 19.6 Å². The van der Waals surface area contributed by atoms with Crippen molar-refractivity contribution in [1.82, 2.24) is 19.7 Å². The van der Waals surface area contributed by atoms with Crippen LogP contribution in [-0.4, -0.2) is 57.2 Å². The lowest BCUT2D eigenvalue weighted by atomic mass is 9.77. The van der Waals surface area contributed by atoms with E-state index < -0.39 is 17.3 Å². The number of ether oxygens (including phenoxy) is 3. The normalized spacial score (nSPS) is 20.9. The van der Waals surface area contributed by atoms with E-state index in [1.54, 1.807) is 40.9 Å². The standard InChI is InChI=1S/C23H33N5O5/c1-14-12-17(16-8-10-23(32-7,11-9-16)19(29)31-6)25-20(24-14)26-18-13-15(2)28(27-18)21(30)33-22(3,4)5/h12-13,16H,8-11H2,1-7H3,(H,24,25,26,27). The van der Waals surface area contributed by atoms with Crippen LogP contribution in [0.15, 0.2) is 12.1 Å². The van der Waals surface area contributed by atoms with Crippen LogP contribution < -0.4 is 5.32 Å². The van der Waals surface area contributed by atoms with Gasteiger partial charge in [0.15, 0.2) is 11.4 Å². The molecule has 1 N–H and O–H groups in total. The van der Waals surface area contributed by atoms with Crippen LogP contribution in [0.4, 0.5) is 16.6 Å². The fraction of sp³-hybridized carbons (Fsp3) is 0.609. The smallest absolute Gasteiger partial charge is 0.435 e. The molecule has 0 bridgehead atoms. The van der Waals surface area contributed by atoms with Crippen LogP contribution in [0.25, 0.3) is 0 Å². The quantitative estimate of drug-likeness (QED) is 0.661. The van der Waals surface area contributed by atoms with Gasteiger partial charge in [-0.15, -0.1) is 5.10 Å². The predicted molar refractivity (Wildman–Crippen MR) is 122 cm³/mol. The number of aryl methyl sites for hydroxylation is 2. The molecule has 2 heterocycles. The second kappa shape index (κ2) is 9.46. The molecule has 10 nitrogen and oxygen atoms in total. The van der Waals surface area contributed by atoms with Gasteiger partial charge in [0.05, 0.1) is 7.11 Å². The van der Waals surface area contributed by atoms with Crippen molar-refractivity contribution in [3.8, 4) is 0 Å². The lowest BCUT2D eigenvalue weighted by Crippen LogP contribution is -2.44. The largest absolute Gasteiger partial charge is 0.467 e. The number of carbonyl (C=O) groups excluding carboxylic acids is 2. The number of methoxy groups -OCH3 is 2. The van der Waals surface area contributed by atoms with Crippen LogP contribution in [0.1, 0.15) is 69.5 Å². The number of hydrogen-bond acceptors (Lipinski definition) is 9. The molecule has 0 unspecified atom stereocenters. The number of nitrogens with zero attached hydrogens (tertiary/aromatic N) is 4. The Morgan fingerprint density at radius 1 is 1.12 bits per heavy atom. The molecule has 33 heavy (non-hydrogen) atoms. The highest BCUT2D eigenvalue weighted by atomic mass is 16.6. The summed E-state index contributed by atoms with van der Waals surface area (Å²) in [5.41, 5.74) is 0.822. The van der Waals surface area contributed by atoms with E-state index in [4.69, 9.17) is 14.2 Å². The molecule has 1 aliphatic carbocycles. The monoisotopic (exact) mass is 459 g/mol. The third-order valence-electron chi connectivity index (χ3n) is 5.73. The number of anilines is 2. The molecule has 1 fully saturated rings. The highest BCUT2D eigenvalue weighted by molar-refractivity contribution is 5.79. The fourth-order valence-corrected chi connectivity index (χ4v) is 4.06. The Balaban J connectivity index is 1.75. The first-order chi connectivity index (χ1) is 15.5. The van der Waals surface area contributed by atoms with Crippen LogP contribution >= 0.6 is 0 Å². The third kappa shape index (κ3) is 5.68. The van der Waals surface area contributed by atoms with Crippen LogP contribution in [0.3, 0.4) is 0 Å². The predicted octanol–water partition coefficient (Wildman–Crippen LogP) is 4.03. The second-order valence-electron chi connectivity index (χ2n) is 9.41. The van der Waals surface area contributed by atoms with Gasteiger partial charge in [-0.05, 0) is 66.4 Å². The van der Waals surface area contributed by atoms with E-state index in [0.29, 0.717) is 30.3 Å². The van der Waals surface area contributed by atoms with Gasteiger partial charge in [-0.2, -0.15) is 4.68 Å². The lowest BCUT2D eigenvalue weighted by molar-refractivity contribution is -0.170. The van der Waals surface area contributed by atoms with Crippen LogP contribution in [0.5, 0.6) is 0 Å². The molecule has 0 aliphatic heterocycles. The molecule has 1 saturated carbocycles. The van der Waals surface area contributed by atoms with Gasteiger partial charge in [0, 0.05) is 36.2 Å². The van der Waals surface area contributed by atoms with Crippen molar-refractivity contribution >= 4 is 23.8 Å². The molecule has 0 saturated heterocycles. The van der Waals surface area contributed by atoms with Crippen molar-refractivity contribution in [2.45, 2.75) is 77.4 Å². The molecule has 2 aromatic heterocycles. The Labute approximate surface area is 194 Å². The average Bonchev–Trinajstić information content (AvgIpc) is 3.11. The summed E-state index contributed by atoms with van der Waals surface area (Å²) in [6.45, 7) is 9.09. The Morgan fingerprint density at radius 2 is 1.79 bits per heavy atom. The Bertz CT molecular complexity index is 1020. The van der Waals surface area contributed by atoms with E-state index in [-0.39, 0.29) is 11.9 Å². The molecule has 180 valence electrons. The summed E-state index contributed by atoms with van der Waals surface area (Å²) in [5.74, 6) is 0.680. The van der Waals surface area contributed by atoms with E-state index in [9.17, 15) is 9.59 Å². The van der Waals surface area contributed by atoms with Gasteiger partial charge in [-0.1, -0.05) is 0 Å². The second-order valence-corrected chi connectivity index (χ2v) is 9.41. The number of hydrogen-bond donors (Lipinski definition) is 1. The highest BCUT2D eigenvalue weighted by Gasteiger charge is 2.43. The minimum atomic E-state index is -0.888. The first-order valence-corrected chi connectivity index (χ1v) is 11.0. The Kier molecular flexibility index (Phi) is 7.06. The van der Waals surface area contributed by atoms with E-state index in [2.05, 4.69) is 20.4 Å². The summed E-state index contributed by atoms with van der Waals surface area (Å²) in [6, 6.07) is 3.69. The van der Waals surface area contributed by atoms with Crippen LogP contribution in [0, 0.1) is 13.8 Å². The summed E-state index contributed by atoms with van der Waals surface area (Å²) in [7, 11) is 2.93. The zero-order valence-corrected chi connectivity index (χ0v) is 20.4. The summed E-state index contributed by atoms with van der Waals surface area (Å²) >= 11 is 0. The first kappa shape index (κ1) is 24.6. The molecule has 0 amide bonds. The molecule has 0 spiro atoms. The van der Waals surface area contributed by atoms with Gasteiger partial charge < -0.3 is 19.5 Å². The number of esters is 1. The molecule has 1 aliphatic rings. The van der Waals surface area contributed by atoms with Crippen molar-refractivity contribution in [1.29, 1.82) is 0 Å². The summed E-state index contributed by atoms with van der Waals surface area (Å²) < 4.78 is 17.1. The summed E-state index contributed by atoms with van der Waals surface area (Å²) in [4.78, 5) is 33.7. The van der Waals surface area contributed by atoms with Gasteiger partial charge >= 0.3 is 12.1 Å². The van der Waals surface area contributed by atoms with Crippen molar-refractivity contribution in [2.75, 3.05) is 19.5 Å². The Morgan fingerprint density at radius 3 is 2.36 bits per heavy atom. The number of rotatable bonds is 5. The maximum absolute atomic E-state index is 12.4. The van der Waals surface area contributed by atoms with E-state index in [0.717, 1.165) is 24.2 Å². The zero-order chi connectivity index (χ0) is 24.4. The van der Waals surface area contributed by atoms with Crippen LogP contribution in [0.2, 0.25) is 0 Å². The molecule has 0 aromatic carbocycles. The van der Waals surface area contributed by atoms with Gasteiger partial charge in [0.1, 0.15) is 5.60 Å². The van der Waals surface area contributed by atoms with E-state index in [1.165, 1.54) is 11.8 Å². The number of nitrogens with one attached hydrogen (secondary N) is 1. The molecule has 0 atom stereocenters. The molecular formula is C23H33N5O5. The zero-order valence-electron chi connectivity index (χ0n) is 20.4. The lowest BCUT2D eigenvalue weighted by Gasteiger charge is -2.36. The minimum Gasteiger partial charge on any atom is -0.467 e. The maximum Gasteiger partial charge on any atom is 0.435 e. The van der Waals surface area contributed by atoms with E-state index >= 15 is 0 Å². The fourth-order valence-electron chi connectivity index (χ4n) is 4.06. The topological polar surface area (TPSA) is 117 Å². The summed E-state index contributed by atoms with van der Waals surface area (Å²) in [5, 5.41) is 7.40. The molecular weight excluding hydrogens is 426 g/mol. The molecule has 2 aromatic rings. The van der Waals surface area contributed by atoms with Gasteiger partial charge in [0.25, 0.3) is 0 Å². The molecule has 0 radical (unpaired) electrons. The first-order valence-electron chi connectivity index (χ1n) is 11.0. The Hall–Kier alpha value is -3.01. The SMILES string of the molecule is COC(=O)C1(OC)CCC(c2cc(C)nc(Nc3cc(C)n(C(=O)OC(C)(C)C)n3)n2)CC1. The van der Waals surface area contributed by atoms with Crippen molar-refractivity contribution in [3.63, 3.8) is 0 Å². The summed E-state index contributed by atoms with van der Waals surface area (Å²) in [6.07, 6.45) is 2.06. The van der Waals surface area contributed by atoms with Crippen molar-refractivity contribution in [3.05, 3.63) is 29.2 Å². The van der Waals surface area contributed by atoms with Gasteiger partial charge in [0.2, 0.25) is 5.95 Å². The number of aromatic nitrogens is 4. The van der Waals surface area contributed by atoms with Crippen molar-refractivity contribution < 1.29 is 23.8 Å². The van der Waals surface area contributed by atoms with Crippen LogP contribution in [-0.2, 0) is 19.0 Å². The minimum absolute atomic E-state index is 0.168. The van der Waals surface area contributed by atoms with E-state index in [1.807, 2.05) is 13.0 Å². The molecule has 10 heteroatoms. The van der Waals surface area contributed by atoms with Crippen molar-refractivity contribution in [2.24, 2.45) is 0 Å². The maximum atomic E-state index is 12.4.